The number of hydrogen-bond acceptors (Lipinski definition) is 6. The summed E-state index contributed by atoms with van der Waals surface area (Å²) in [4.78, 5) is 4.38. The lowest BCUT2D eigenvalue weighted by Gasteiger charge is -1.99. The molecule has 0 aliphatic carbocycles. The molecule has 0 atom stereocenters. The Bertz CT molecular complexity index is 962. The van der Waals surface area contributed by atoms with Crippen LogP contribution in [0.25, 0.3) is 28.7 Å². The number of rotatable bonds is 4. The van der Waals surface area contributed by atoms with Crippen LogP contribution in [0.4, 0.5) is 0 Å². The van der Waals surface area contributed by atoms with Gasteiger partial charge in [-0.25, -0.2) is 4.68 Å². The van der Waals surface area contributed by atoms with Crippen LogP contribution in [0.2, 0.25) is 0 Å². The van der Waals surface area contributed by atoms with Gasteiger partial charge in [0.2, 0.25) is 5.82 Å². The van der Waals surface area contributed by atoms with Crippen molar-refractivity contribution < 1.29 is 9.26 Å². The second-order valence-electron chi connectivity index (χ2n) is 5.04. The molecular weight excluding hydrogens is 306 g/mol. The van der Waals surface area contributed by atoms with Gasteiger partial charge in [0, 0.05) is 5.56 Å². The molecular formula is C17H13N5O2. The van der Waals surface area contributed by atoms with Crippen LogP contribution in [0.5, 0.6) is 5.75 Å². The van der Waals surface area contributed by atoms with E-state index in [2.05, 4.69) is 20.5 Å². The van der Waals surface area contributed by atoms with Crippen LogP contribution in [-0.4, -0.2) is 32.2 Å². The monoisotopic (exact) mass is 319 g/mol. The molecule has 118 valence electrons. The van der Waals surface area contributed by atoms with Gasteiger partial charge >= 0.3 is 0 Å². The van der Waals surface area contributed by atoms with Gasteiger partial charge in [0.1, 0.15) is 5.75 Å². The van der Waals surface area contributed by atoms with Crippen LogP contribution in [0.15, 0.2) is 65.3 Å². The summed E-state index contributed by atoms with van der Waals surface area (Å²) in [5.74, 6) is 1.51. The normalized spacial score (nSPS) is 10.7. The van der Waals surface area contributed by atoms with Gasteiger partial charge in [-0.2, -0.15) is 4.98 Å². The van der Waals surface area contributed by atoms with Crippen molar-refractivity contribution in [1.29, 1.82) is 0 Å². The van der Waals surface area contributed by atoms with Crippen molar-refractivity contribution in [3.63, 3.8) is 0 Å². The van der Waals surface area contributed by atoms with Gasteiger partial charge in [-0.3, -0.25) is 0 Å². The van der Waals surface area contributed by atoms with Crippen LogP contribution in [0, 0.1) is 0 Å². The van der Waals surface area contributed by atoms with Crippen molar-refractivity contribution in [2.24, 2.45) is 0 Å². The highest BCUT2D eigenvalue weighted by molar-refractivity contribution is 5.58. The maximum atomic E-state index is 5.33. The van der Waals surface area contributed by atoms with Gasteiger partial charge in [0.25, 0.3) is 5.89 Å². The highest BCUT2D eigenvalue weighted by atomic mass is 16.5. The maximum Gasteiger partial charge on any atom is 0.258 e. The zero-order valence-corrected chi connectivity index (χ0v) is 12.8. The fourth-order valence-corrected chi connectivity index (χ4v) is 2.27. The van der Waals surface area contributed by atoms with Crippen LogP contribution >= 0.6 is 0 Å². The standard InChI is InChI=1S/C17H13N5O2/c1-23-14-9-5-6-12(10-14)17-18-16(20-24-17)15-11-22(21-19-15)13-7-3-2-4-8-13/h2-11H,1H3. The minimum Gasteiger partial charge on any atom is -0.497 e. The molecule has 0 saturated carbocycles. The van der Waals surface area contributed by atoms with E-state index in [1.165, 1.54) is 0 Å². The number of para-hydroxylation sites is 1. The van der Waals surface area contributed by atoms with E-state index in [0.29, 0.717) is 17.4 Å². The van der Waals surface area contributed by atoms with Crippen LogP contribution in [0.1, 0.15) is 0 Å². The number of nitrogens with zero attached hydrogens (tertiary/aromatic N) is 5. The second-order valence-corrected chi connectivity index (χ2v) is 5.04. The van der Waals surface area contributed by atoms with Gasteiger partial charge in [-0.1, -0.05) is 34.6 Å². The van der Waals surface area contributed by atoms with E-state index in [1.807, 2.05) is 54.6 Å². The molecule has 7 heteroatoms. The Hall–Kier alpha value is -3.48. The maximum absolute atomic E-state index is 5.33. The summed E-state index contributed by atoms with van der Waals surface area (Å²) in [7, 11) is 1.61. The lowest BCUT2D eigenvalue weighted by Crippen LogP contribution is -1.93. The number of methoxy groups -OCH3 is 1. The smallest absolute Gasteiger partial charge is 0.258 e. The second kappa shape index (κ2) is 5.96. The third kappa shape index (κ3) is 2.63. The number of aromatic nitrogens is 5. The Balaban J connectivity index is 1.64. The Morgan fingerprint density at radius 3 is 2.75 bits per heavy atom. The Morgan fingerprint density at radius 1 is 1.04 bits per heavy atom. The van der Waals surface area contributed by atoms with E-state index >= 15 is 0 Å². The molecule has 4 rings (SSSR count). The van der Waals surface area contributed by atoms with Gasteiger partial charge in [-0.15, -0.1) is 5.10 Å². The lowest BCUT2D eigenvalue weighted by molar-refractivity contribution is 0.413. The summed E-state index contributed by atoms with van der Waals surface area (Å²) >= 11 is 0. The van der Waals surface area contributed by atoms with Crippen molar-refractivity contribution in [1.82, 2.24) is 25.1 Å². The Morgan fingerprint density at radius 2 is 1.92 bits per heavy atom. The summed E-state index contributed by atoms with van der Waals surface area (Å²) in [5.41, 5.74) is 2.23. The van der Waals surface area contributed by atoms with Crippen LogP contribution < -0.4 is 4.74 Å². The quantitative estimate of drug-likeness (QED) is 0.575. The average molecular weight is 319 g/mol. The summed E-state index contributed by atoms with van der Waals surface area (Å²) in [6.45, 7) is 0. The van der Waals surface area contributed by atoms with Gasteiger partial charge < -0.3 is 9.26 Å². The molecule has 2 aromatic heterocycles. The van der Waals surface area contributed by atoms with E-state index in [0.717, 1.165) is 17.0 Å². The molecule has 0 saturated heterocycles. The van der Waals surface area contributed by atoms with Gasteiger partial charge in [0.05, 0.1) is 19.0 Å². The van der Waals surface area contributed by atoms with Crippen molar-refractivity contribution in [3.05, 3.63) is 60.8 Å². The predicted molar refractivity (Wildman–Crippen MR) is 86.6 cm³/mol. The molecule has 0 amide bonds. The molecule has 0 unspecified atom stereocenters. The number of ether oxygens (including phenoxy) is 1. The molecule has 7 nitrogen and oxygen atoms in total. The molecule has 0 aliphatic rings. The van der Waals surface area contributed by atoms with Crippen molar-refractivity contribution in [2.75, 3.05) is 7.11 Å². The minimum absolute atomic E-state index is 0.384. The zero-order chi connectivity index (χ0) is 16.4. The fraction of sp³-hybridized carbons (Fsp3) is 0.0588. The average Bonchev–Trinajstić information content (AvgIpc) is 3.32. The Labute approximate surface area is 137 Å². The SMILES string of the molecule is COc1cccc(-c2nc(-c3cn(-c4ccccc4)nn3)no2)c1. The topological polar surface area (TPSA) is 78.9 Å². The predicted octanol–water partition coefficient (Wildman–Crippen LogP) is 2.99. The molecule has 2 heterocycles. The van der Waals surface area contributed by atoms with E-state index in [4.69, 9.17) is 9.26 Å². The summed E-state index contributed by atoms with van der Waals surface area (Å²) in [5, 5.41) is 12.2. The van der Waals surface area contributed by atoms with Crippen molar-refractivity contribution in [2.45, 2.75) is 0 Å². The first-order valence-electron chi connectivity index (χ1n) is 7.30. The summed E-state index contributed by atoms with van der Waals surface area (Å²) in [6.07, 6.45) is 1.76. The number of benzene rings is 2. The van der Waals surface area contributed by atoms with E-state index in [1.54, 1.807) is 18.0 Å². The summed E-state index contributed by atoms with van der Waals surface area (Å²) < 4.78 is 12.2. The highest BCUT2D eigenvalue weighted by Crippen LogP contribution is 2.24. The van der Waals surface area contributed by atoms with Crippen molar-refractivity contribution >= 4 is 0 Å². The molecule has 0 bridgehead atoms. The number of hydrogen-bond donors (Lipinski definition) is 0. The molecule has 0 radical (unpaired) electrons. The van der Waals surface area contributed by atoms with Gasteiger partial charge in [0.15, 0.2) is 5.69 Å². The first-order valence-corrected chi connectivity index (χ1v) is 7.30. The van der Waals surface area contributed by atoms with E-state index in [-0.39, 0.29) is 0 Å². The van der Waals surface area contributed by atoms with E-state index < -0.39 is 0 Å². The lowest BCUT2D eigenvalue weighted by atomic mass is 10.2. The highest BCUT2D eigenvalue weighted by Gasteiger charge is 2.14. The third-order valence-corrected chi connectivity index (χ3v) is 3.49. The molecule has 2 aromatic carbocycles. The Kier molecular flexibility index (Phi) is 3.51. The fourth-order valence-electron chi connectivity index (χ4n) is 2.27. The van der Waals surface area contributed by atoms with Crippen LogP contribution in [-0.2, 0) is 0 Å². The third-order valence-electron chi connectivity index (χ3n) is 3.49. The van der Waals surface area contributed by atoms with Crippen molar-refractivity contribution in [3.8, 4) is 34.4 Å². The van der Waals surface area contributed by atoms with Gasteiger partial charge in [-0.05, 0) is 30.3 Å². The van der Waals surface area contributed by atoms with Crippen LogP contribution in [0.3, 0.4) is 0 Å². The molecule has 0 N–H and O–H groups in total. The first kappa shape index (κ1) is 14.1. The first-order chi connectivity index (χ1) is 11.8. The molecule has 0 fully saturated rings. The molecule has 4 aromatic rings. The minimum atomic E-state index is 0.384. The largest absolute Gasteiger partial charge is 0.497 e. The molecule has 0 spiro atoms. The van der Waals surface area contributed by atoms with E-state index in [9.17, 15) is 0 Å². The summed E-state index contributed by atoms with van der Waals surface area (Å²) in [6, 6.07) is 17.1. The molecule has 24 heavy (non-hydrogen) atoms. The molecule has 0 aliphatic heterocycles. The zero-order valence-electron chi connectivity index (χ0n) is 12.8.